The average molecular weight is 365 g/mol. The smallest absolute Gasteiger partial charge is 0.272 e. The van der Waals surface area contributed by atoms with Crippen LogP contribution in [0.25, 0.3) is 11.1 Å². The molecule has 23 heavy (non-hydrogen) atoms. The summed E-state index contributed by atoms with van der Waals surface area (Å²) in [5, 5.41) is 0.302. The summed E-state index contributed by atoms with van der Waals surface area (Å²) in [7, 11) is 0. The average Bonchev–Trinajstić information content (AvgIpc) is 2.44. The Morgan fingerprint density at radius 3 is 2.52 bits per heavy atom. The SMILES string of the molecule is C[C@@H](N)c1ncc(-c2cc(Cl)cc(Cl)c2OCC(F)F)cc1F. The Morgan fingerprint density at radius 1 is 1.26 bits per heavy atom. The van der Waals surface area contributed by atoms with Crippen molar-refractivity contribution in [2.24, 2.45) is 5.73 Å². The van der Waals surface area contributed by atoms with Crippen molar-refractivity contribution in [3.05, 3.63) is 46.0 Å². The summed E-state index contributed by atoms with van der Waals surface area (Å²) in [6.45, 7) is 0.751. The van der Waals surface area contributed by atoms with Gasteiger partial charge in [-0.05, 0) is 25.1 Å². The maximum Gasteiger partial charge on any atom is 0.272 e. The zero-order valence-corrected chi connectivity index (χ0v) is 13.5. The normalized spacial score (nSPS) is 12.5. The van der Waals surface area contributed by atoms with Gasteiger partial charge in [0.1, 0.15) is 18.2 Å². The summed E-state index contributed by atoms with van der Waals surface area (Å²) in [5.74, 6) is -0.625. The molecule has 1 aromatic heterocycles. The fourth-order valence-electron chi connectivity index (χ4n) is 2.00. The molecule has 124 valence electrons. The Morgan fingerprint density at radius 2 is 1.96 bits per heavy atom. The van der Waals surface area contributed by atoms with E-state index in [1.807, 2.05) is 0 Å². The molecule has 0 aliphatic heterocycles. The van der Waals surface area contributed by atoms with Crippen molar-refractivity contribution in [1.29, 1.82) is 0 Å². The van der Waals surface area contributed by atoms with E-state index < -0.39 is 24.9 Å². The molecule has 1 heterocycles. The van der Waals surface area contributed by atoms with Crippen LogP contribution in [0.4, 0.5) is 13.2 Å². The molecule has 0 amide bonds. The number of hydrogen-bond acceptors (Lipinski definition) is 3. The number of halogens is 5. The van der Waals surface area contributed by atoms with E-state index in [9.17, 15) is 13.2 Å². The minimum Gasteiger partial charge on any atom is -0.485 e. The number of pyridine rings is 1. The molecule has 1 aromatic carbocycles. The number of aromatic nitrogens is 1. The monoisotopic (exact) mass is 364 g/mol. The molecule has 1 atom stereocenters. The third kappa shape index (κ3) is 4.28. The fraction of sp³-hybridized carbons (Fsp3) is 0.267. The van der Waals surface area contributed by atoms with Crippen molar-refractivity contribution in [3.63, 3.8) is 0 Å². The molecule has 0 fully saturated rings. The number of hydrogen-bond donors (Lipinski definition) is 1. The Labute approximate surface area is 141 Å². The highest BCUT2D eigenvalue weighted by Crippen LogP contribution is 2.39. The highest BCUT2D eigenvalue weighted by atomic mass is 35.5. The van der Waals surface area contributed by atoms with Crippen LogP contribution in [-0.2, 0) is 0 Å². The standard InChI is InChI=1S/C15H13Cl2F3N2O/c1-7(21)14-12(18)2-8(5-22-14)10-3-9(16)4-11(17)15(10)23-6-13(19)20/h2-5,7,13H,6,21H2,1H3/t7-/m1/s1. The summed E-state index contributed by atoms with van der Waals surface area (Å²) in [6, 6.07) is 3.40. The molecule has 0 aliphatic carbocycles. The van der Waals surface area contributed by atoms with Crippen molar-refractivity contribution >= 4 is 23.2 Å². The second kappa shape index (κ2) is 7.38. The summed E-state index contributed by atoms with van der Waals surface area (Å²) < 4.78 is 43.9. The molecule has 8 heteroatoms. The number of ether oxygens (including phenoxy) is 1. The van der Waals surface area contributed by atoms with Crippen LogP contribution in [-0.4, -0.2) is 18.0 Å². The molecule has 0 radical (unpaired) electrons. The minimum absolute atomic E-state index is 0.00823. The zero-order chi connectivity index (χ0) is 17.1. The van der Waals surface area contributed by atoms with Crippen molar-refractivity contribution < 1.29 is 17.9 Å². The molecule has 0 bridgehead atoms. The topological polar surface area (TPSA) is 48.1 Å². The first-order valence-electron chi connectivity index (χ1n) is 6.61. The van der Waals surface area contributed by atoms with Gasteiger partial charge in [0, 0.05) is 28.4 Å². The van der Waals surface area contributed by atoms with Gasteiger partial charge in [0.2, 0.25) is 0 Å². The second-order valence-corrected chi connectivity index (χ2v) is 5.69. The van der Waals surface area contributed by atoms with Gasteiger partial charge in [-0.1, -0.05) is 23.2 Å². The third-order valence-corrected chi connectivity index (χ3v) is 3.47. The number of benzene rings is 1. The number of alkyl halides is 2. The number of nitrogens with two attached hydrogens (primary N) is 1. The van der Waals surface area contributed by atoms with Crippen molar-refractivity contribution in [1.82, 2.24) is 4.98 Å². The molecular weight excluding hydrogens is 352 g/mol. The van der Waals surface area contributed by atoms with Gasteiger partial charge in [0.15, 0.2) is 0 Å². The maximum absolute atomic E-state index is 14.1. The van der Waals surface area contributed by atoms with Crippen LogP contribution in [0, 0.1) is 5.82 Å². The van der Waals surface area contributed by atoms with Crippen LogP contribution in [0.5, 0.6) is 5.75 Å². The molecule has 2 aromatic rings. The lowest BCUT2D eigenvalue weighted by molar-refractivity contribution is 0.0822. The van der Waals surface area contributed by atoms with E-state index in [-0.39, 0.29) is 27.1 Å². The maximum atomic E-state index is 14.1. The first-order chi connectivity index (χ1) is 10.8. The van der Waals surface area contributed by atoms with E-state index in [0.29, 0.717) is 5.56 Å². The Hall–Kier alpha value is -1.50. The van der Waals surface area contributed by atoms with Gasteiger partial charge in [0.05, 0.1) is 10.7 Å². The quantitative estimate of drug-likeness (QED) is 0.824. The van der Waals surface area contributed by atoms with E-state index in [4.69, 9.17) is 33.7 Å². The molecule has 0 spiro atoms. The Bertz CT molecular complexity index is 711. The van der Waals surface area contributed by atoms with E-state index in [2.05, 4.69) is 4.98 Å². The summed E-state index contributed by atoms with van der Waals surface area (Å²) in [5.41, 5.74) is 6.27. The predicted octanol–water partition coefficient (Wildman–Crippen LogP) is 4.86. The van der Waals surface area contributed by atoms with Gasteiger partial charge in [0.25, 0.3) is 6.43 Å². The van der Waals surface area contributed by atoms with E-state index >= 15 is 0 Å². The van der Waals surface area contributed by atoms with Crippen LogP contribution in [0.15, 0.2) is 24.4 Å². The Kier molecular flexibility index (Phi) is 5.73. The molecule has 0 unspecified atom stereocenters. The third-order valence-electron chi connectivity index (χ3n) is 2.97. The van der Waals surface area contributed by atoms with Gasteiger partial charge < -0.3 is 10.5 Å². The van der Waals surface area contributed by atoms with E-state index in [1.165, 1.54) is 24.4 Å². The molecule has 3 nitrogen and oxygen atoms in total. The van der Waals surface area contributed by atoms with Gasteiger partial charge in [-0.15, -0.1) is 0 Å². The van der Waals surface area contributed by atoms with Gasteiger partial charge in [-0.25, -0.2) is 13.2 Å². The molecular formula is C15H13Cl2F3N2O. The second-order valence-electron chi connectivity index (χ2n) is 4.85. The highest BCUT2D eigenvalue weighted by molar-refractivity contribution is 6.36. The lowest BCUT2D eigenvalue weighted by atomic mass is 10.0. The summed E-state index contributed by atoms with van der Waals surface area (Å²) >= 11 is 11.9. The van der Waals surface area contributed by atoms with Crippen LogP contribution >= 0.6 is 23.2 Å². The molecule has 2 N–H and O–H groups in total. The first kappa shape index (κ1) is 17.8. The van der Waals surface area contributed by atoms with Gasteiger partial charge in [-0.2, -0.15) is 0 Å². The highest BCUT2D eigenvalue weighted by Gasteiger charge is 2.17. The summed E-state index contributed by atoms with van der Waals surface area (Å²) in [4.78, 5) is 3.96. The van der Waals surface area contributed by atoms with Gasteiger partial charge in [-0.3, -0.25) is 4.98 Å². The van der Waals surface area contributed by atoms with Crippen molar-refractivity contribution in [2.75, 3.05) is 6.61 Å². The van der Waals surface area contributed by atoms with Crippen LogP contribution in [0.3, 0.4) is 0 Å². The Balaban J connectivity index is 2.51. The largest absolute Gasteiger partial charge is 0.485 e. The predicted molar refractivity (Wildman–Crippen MR) is 83.8 cm³/mol. The van der Waals surface area contributed by atoms with E-state index in [1.54, 1.807) is 6.92 Å². The van der Waals surface area contributed by atoms with Crippen molar-refractivity contribution in [3.8, 4) is 16.9 Å². The first-order valence-corrected chi connectivity index (χ1v) is 7.36. The molecule has 2 rings (SSSR count). The van der Waals surface area contributed by atoms with Gasteiger partial charge >= 0.3 is 0 Å². The molecule has 0 saturated heterocycles. The number of nitrogens with zero attached hydrogens (tertiary/aromatic N) is 1. The minimum atomic E-state index is -2.68. The fourth-order valence-corrected chi connectivity index (χ4v) is 2.55. The van der Waals surface area contributed by atoms with Crippen LogP contribution in [0.1, 0.15) is 18.7 Å². The lowest BCUT2D eigenvalue weighted by Crippen LogP contribution is -2.10. The molecule has 0 aliphatic rings. The number of rotatable bonds is 5. The zero-order valence-electron chi connectivity index (χ0n) is 12.0. The summed E-state index contributed by atoms with van der Waals surface area (Å²) in [6.07, 6.45) is -1.32. The van der Waals surface area contributed by atoms with Crippen LogP contribution in [0.2, 0.25) is 10.0 Å². The van der Waals surface area contributed by atoms with Crippen LogP contribution < -0.4 is 10.5 Å². The van der Waals surface area contributed by atoms with Crippen molar-refractivity contribution in [2.45, 2.75) is 19.4 Å². The van der Waals surface area contributed by atoms with E-state index in [0.717, 1.165) is 0 Å². The lowest BCUT2D eigenvalue weighted by Gasteiger charge is -2.15. The molecule has 0 saturated carbocycles.